The molecule has 1 heterocycles. The summed E-state index contributed by atoms with van der Waals surface area (Å²) in [4.78, 5) is 2.43. The van der Waals surface area contributed by atoms with Gasteiger partial charge in [-0.25, -0.2) is 8.42 Å². The van der Waals surface area contributed by atoms with Crippen molar-refractivity contribution in [2.45, 2.75) is 24.3 Å². The Morgan fingerprint density at radius 2 is 1.94 bits per heavy atom. The van der Waals surface area contributed by atoms with E-state index in [4.69, 9.17) is 5.73 Å². The lowest BCUT2D eigenvalue weighted by molar-refractivity contribution is 0.363. The number of anilines is 1. The van der Waals surface area contributed by atoms with E-state index in [1.165, 1.54) is 0 Å². The van der Waals surface area contributed by atoms with Gasteiger partial charge in [-0.15, -0.1) is 0 Å². The maximum Gasteiger partial charge on any atom is 0.180 e. The fourth-order valence-electron chi connectivity index (χ4n) is 2.13. The molecule has 0 amide bonds. The number of hydrogen-bond acceptors (Lipinski definition) is 4. The van der Waals surface area contributed by atoms with Crippen molar-refractivity contribution in [2.75, 3.05) is 23.7 Å². The van der Waals surface area contributed by atoms with Crippen LogP contribution in [0.3, 0.4) is 0 Å². The highest BCUT2D eigenvalue weighted by molar-refractivity contribution is 7.91. The normalized spacial score (nSPS) is 18.9. The Kier molecular flexibility index (Phi) is 2.91. The predicted octanol–water partition coefficient (Wildman–Crippen LogP) is 1.02. The van der Waals surface area contributed by atoms with E-state index in [2.05, 4.69) is 0 Å². The lowest BCUT2D eigenvalue weighted by atomic mass is 9.93. The molecule has 0 bridgehead atoms. The summed E-state index contributed by atoms with van der Waals surface area (Å²) in [5.74, 6) is 0.123. The Hall–Kier alpha value is -1.07. The van der Waals surface area contributed by atoms with Crippen molar-refractivity contribution < 1.29 is 8.42 Å². The largest absolute Gasteiger partial charge is 0.367 e. The molecule has 0 atom stereocenters. The second-order valence-corrected chi connectivity index (χ2v) is 7.13. The summed E-state index contributed by atoms with van der Waals surface area (Å²) in [7, 11) is -3.17. The number of para-hydroxylation sites is 1. The van der Waals surface area contributed by atoms with Gasteiger partial charge in [0.15, 0.2) is 9.84 Å². The molecule has 17 heavy (non-hydrogen) atoms. The number of sulfone groups is 1. The van der Waals surface area contributed by atoms with Gasteiger partial charge >= 0.3 is 0 Å². The molecule has 1 aliphatic rings. The molecule has 1 saturated heterocycles. The van der Waals surface area contributed by atoms with E-state index < -0.39 is 9.84 Å². The topological polar surface area (TPSA) is 63.4 Å². The first-order valence-corrected chi connectivity index (χ1v) is 7.36. The first-order valence-electron chi connectivity index (χ1n) is 5.71. The van der Waals surface area contributed by atoms with E-state index in [-0.39, 0.29) is 11.3 Å². The summed E-state index contributed by atoms with van der Waals surface area (Å²) in [6.45, 7) is 5.03. The van der Waals surface area contributed by atoms with Crippen LogP contribution in [0.4, 0.5) is 5.69 Å². The summed E-state index contributed by atoms with van der Waals surface area (Å²) in [6.07, 6.45) is 0. The summed E-state index contributed by atoms with van der Waals surface area (Å²) in [6, 6.07) is 7.13. The zero-order valence-electron chi connectivity index (χ0n) is 10.2. The van der Waals surface area contributed by atoms with E-state index in [1.54, 1.807) is 19.1 Å². The molecule has 0 aromatic heterocycles. The maximum absolute atomic E-state index is 12.0. The van der Waals surface area contributed by atoms with Crippen LogP contribution in [0.5, 0.6) is 0 Å². The second-order valence-electron chi connectivity index (χ2n) is 4.88. The Bertz CT molecular complexity index is 515. The number of nitrogens with zero attached hydrogens (tertiary/aromatic N) is 1. The molecule has 1 aliphatic heterocycles. The van der Waals surface area contributed by atoms with Crippen LogP contribution in [-0.2, 0) is 9.84 Å². The van der Waals surface area contributed by atoms with Crippen molar-refractivity contribution in [3.05, 3.63) is 24.3 Å². The molecule has 1 aromatic carbocycles. The molecule has 0 unspecified atom stereocenters. The molecule has 4 nitrogen and oxygen atoms in total. The lowest BCUT2D eigenvalue weighted by Gasteiger charge is -2.47. The molecular formula is C12H18N2O2S. The van der Waals surface area contributed by atoms with Crippen molar-refractivity contribution in [3.8, 4) is 0 Å². The van der Waals surface area contributed by atoms with Crippen LogP contribution in [0.2, 0.25) is 0 Å². The minimum Gasteiger partial charge on any atom is -0.367 e. The Morgan fingerprint density at radius 1 is 1.35 bits per heavy atom. The molecule has 0 radical (unpaired) electrons. The van der Waals surface area contributed by atoms with Gasteiger partial charge in [0, 0.05) is 18.6 Å². The highest BCUT2D eigenvalue weighted by Crippen LogP contribution is 2.31. The molecule has 5 heteroatoms. The lowest BCUT2D eigenvalue weighted by Crippen LogP contribution is -2.65. The van der Waals surface area contributed by atoms with Crippen molar-refractivity contribution in [2.24, 2.45) is 5.73 Å². The average Bonchev–Trinajstić information content (AvgIpc) is 2.26. The third-order valence-electron chi connectivity index (χ3n) is 3.03. The molecular weight excluding hydrogens is 236 g/mol. The third kappa shape index (κ3) is 2.30. The van der Waals surface area contributed by atoms with Crippen LogP contribution in [0.1, 0.15) is 13.8 Å². The molecule has 94 valence electrons. The van der Waals surface area contributed by atoms with Gasteiger partial charge in [0.2, 0.25) is 0 Å². The molecule has 2 N–H and O–H groups in total. The summed E-state index contributed by atoms with van der Waals surface area (Å²) in [5, 5.41) is 0. The quantitative estimate of drug-likeness (QED) is 0.874. The number of rotatable bonds is 3. The Balaban J connectivity index is 2.37. The first kappa shape index (κ1) is 12.4. The number of hydrogen-bond donors (Lipinski definition) is 1. The van der Waals surface area contributed by atoms with Gasteiger partial charge < -0.3 is 10.6 Å². The van der Waals surface area contributed by atoms with E-state index in [0.717, 1.165) is 5.69 Å². The zero-order chi connectivity index (χ0) is 12.7. The Morgan fingerprint density at radius 3 is 2.47 bits per heavy atom. The van der Waals surface area contributed by atoms with E-state index in [1.807, 2.05) is 24.0 Å². The average molecular weight is 254 g/mol. The Labute approximate surface area is 102 Å². The van der Waals surface area contributed by atoms with Gasteiger partial charge in [0.05, 0.1) is 16.3 Å². The minimum atomic E-state index is -3.17. The van der Waals surface area contributed by atoms with Gasteiger partial charge in [-0.05, 0) is 19.1 Å². The minimum absolute atomic E-state index is 0.123. The third-order valence-corrected chi connectivity index (χ3v) is 4.80. The summed E-state index contributed by atoms with van der Waals surface area (Å²) >= 11 is 0. The fourth-order valence-corrected chi connectivity index (χ4v) is 3.25. The van der Waals surface area contributed by atoms with Gasteiger partial charge in [0.25, 0.3) is 0 Å². The molecule has 1 fully saturated rings. The standard InChI is InChI=1S/C12H18N2O2S/c1-3-17(15,16)11-7-5-4-6-10(11)14-8-12(2,13)9-14/h4-7H,3,8-9,13H2,1-2H3. The van der Waals surface area contributed by atoms with E-state index >= 15 is 0 Å². The number of nitrogens with two attached hydrogens (primary N) is 1. The van der Waals surface area contributed by atoms with Crippen molar-refractivity contribution in [1.82, 2.24) is 0 Å². The fraction of sp³-hybridized carbons (Fsp3) is 0.500. The summed E-state index contributed by atoms with van der Waals surface area (Å²) in [5.41, 5.74) is 6.52. The van der Waals surface area contributed by atoms with Crippen LogP contribution in [-0.4, -0.2) is 32.8 Å². The zero-order valence-corrected chi connectivity index (χ0v) is 11.0. The van der Waals surface area contributed by atoms with Crippen LogP contribution in [0.25, 0.3) is 0 Å². The van der Waals surface area contributed by atoms with Gasteiger partial charge in [-0.3, -0.25) is 0 Å². The molecule has 0 aliphatic carbocycles. The van der Waals surface area contributed by atoms with Crippen LogP contribution in [0, 0.1) is 0 Å². The van der Waals surface area contributed by atoms with Crippen LogP contribution >= 0.6 is 0 Å². The smallest absolute Gasteiger partial charge is 0.180 e. The van der Waals surface area contributed by atoms with E-state index in [9.17, 15) is 8.42 Å². The summed E-state index contributed by atoms with van der Waals surface area (Å²) < 4.78 is 23.9. The molecule has 1 aromatic rings. The first-order chi connectivity index (χ1) is 7.86. The second kappa shape index (κ2) is 3.99. The van der Waals surface area contributed by atoms with Gasteiger partial charge in [-0.2, -0.15) is 0 Å². The monoisotopic (exact) mass is 254 g/mol. The van der Waals surface area contributed by atoms with Crippen molar-refractivity contribution >= 4 is 15.5 Å². The maximum atomic E-state index is 12.0. The molecule has 2 rings (SSSR count). The van der Waals surface area contributed by atoms with Gasteiger partial charge in [-0.1, -0.05) is 19.1 Å². The van der Waals surface area contributed by atoms with Crippen molar-refractivity contribution in [3.63, 3.8) is 0 Å². The molecule has 0 saturated carbocycles. The SMILES string of the molecule is CCS(=O)(=O)c1ccccc1N1CC(C)(N)C1. The highest BCUT2D eigenvalue weighted by atomic mass is 32.2. The van der Waals surface area contributed by atoms with Gasteiger partial charge in [0.1, 0.15) is 0 Å². The predicted molar refractivity (Wildman–Crippen MR) is 69.0 cm³/mol. The van der Waals surface area contributed by atoms with Crippen LogP contribution in [0.15, 0.2) is 29.2 Å². The van der Waals surface area contributed by atoms with E-state index in [0.29, 0.717) is 18.0 Å². The number of benzene rings is 1. The highest BCUT2D eigenvalue weighted by Gasteiger charge is 2.36. The van der Waals surface area contributed by atoms with Crippen LogP contribution < -0.4 is 10.6 Å². The molecule has 0 spiro atoms. The van der Waals surface area contributed by atoms with Crippen molar-refractivity contribution in [1.29, 1.82) is 0 Å².